The van der Waals surface area contributed by atoms with Gasteiger partial charge >= 0.3 is 0 Å². The number of rotatable bonds is 6. The Morgan fingerprint density at radius 1 is 1.24 bits per heavy atom. The van der Waals surface area contributed by atoms with Gasteiger partial charge in [-0.25, -0.2) is 4.98 Å². The summed E-state index contributed by atoms with van der Waals surface area (Å²) in [7, 11) is 3.26. The number of nitrogens with one attached hydrogen (secondary N) is 2. The van der Waals surface area contributed by atoms with Gasteiger partial charge in [-0.3, -0.25) is 9.59 Å². The fraction of sp³-hybridized carbons (Fsp3) is 0.370. The van der Waals surface area contributed by atoms with E-state index in [4.69, 9.17) is 16.3 Å². The van der Waals surface area contributed by atoms with Gasteiger partial charge in [-0.15, -0.1) is 11.6 Å². The van der Waals surface area contributed by atoms with E-state index in [-0.39, 0.29) is 23.2 Å². The molecule has 2 aliphatic heterocycles. The molecule has 10 nitrogen and oxygen atoms in total. The molecule has 1 aromatic carbocycles. The Morgan fingerprint density at radius 2 is 1.97 bits per heavy atom. The largest absolute Gasteiger partial charge is 0.480 e. The summed E-state index contributed by atoms with van der Waals surface area (Å²) in [6, 6.07) is 9.71. The first-order valence-electron chi connectivity index (χ1n) is 12.4. The molecular weight excluding hydrogens is 506 g/mol. The zero-order chi connectivity index (χ0) is 27.1. The van der Waals surface area contributed by atoms with Crippen molar-refractivity contribution < 1.29 is 14.3 Å². The van der Waals surface area contributed by atoms with Crippen LogP contribution in [0.3, 0.4) is 0 Å². The lowest BCUT2D eigenvalue weighted by Crippen LogP contribution is -2.55. The van der Waals surface area contributed by atoms with E-state index in [1.165, 1.54) is 7.11 Å². The molecule has 196 valence electrons. The van der Waals surface area contributed by atoms with Gasteiger partial charge in [-0.2, -0.15) is 10.2 Å². The van der Waals surface area contributed by atoms with E-state index in [0.29, 0.717) is 41.5 Å². The number of fused-ring (bicyclic) bond motifs is 1. The normalized spacial score (nSPS) is 20.8. The summed E-state index contributed by atoms with van der Waals surface area (Å²) in [5.41, 5.74) is 3.93. The van der Waals surface area contributed by atoms with E-state index in [1.807, 2.05) is 32.0 Å². The number of aromatic nitrogens is 3. The number of amides is 2. The van der Waals surface area contributed by atoms with Crippen LogP contribution in [0.4, 0.5) is 5.95 Å². The van der Waals surface area contributed by atoms with Crippen LogP contribution in [0.25, 0.3) is 11.3 Å². The van der Waals surface area contributed by atoms with E-state index in [9.17, 15) is 14.9 Å². The second-order valence-electron chi connectivity index (χ2n) is 9.60. The summed E-state index contributed by atoms with van der Waals surface area (Å²) in [6.07, 6.45) is 2.02. The lowest BCUT2D eigenvalue weighted by Gasteiger charge is -2.37. The topological polar surface area (TPSA) is 125 Å². The molecule has 11 heteroatoms. The number of nitrogens with zero attached hydrogens (tertiary/aromatic N) is 5. The number of piperidine rings is 1. The summed E-state index contributed by atoms with van der Waals surface area (Å²) >= 11 is 6.44. The average molecular weight is 534 g/mol. The first-order valence-corrected chi connectivity index (χ1v) is 12.8. The molecule has 2 aromatic heterocycles. The number of methoxy groups -OCH3 is 1. The van der Waals surface area contributed by atoms with E-state index >= 15 is 0 Å². The summed E-state index contributed by atoms with van der Waals surface area (Å²) in [5, 5.41) is 14.8. The Balaban J connectivity index is 1.73. The van der Waals surface area contributed by atoms with Crippen LogP contribution in [0.5, 0.6) is 5.88 Å². The molecule has 0 spiro atoms. The molecule has 0 aliphatic carbocycles. The molecule has 3 atom stereocenters. The predicted octanol–water partition coefficient (Wildman–Crippen LogP) is 3.49. The minimum absolute atomic E-state index is 0.0583. The van der Waals surface area contributed by atoms with Crippen LogP contribution >= 0.6 is 11.6 Å². The van der Waals surface area contributed by atoms with Crippen molar-refractivity contribution in [1.82, 2.24) is 24.8 Å². The third-order valence-electron chi connectivity index (χ3n) is 7.01. The van der Waals surface area contributed by atoms with Crippen molar-refractivity contribution in [3.8, 4) is 23.2 Å². The number of carbonyl (C=O) groups is 2. The number of nitriles is 1. The molecule has 3 aromatic rings. The van der Waals surface area contributed by atoms with E-state index in [2.05, 4.69) is 31.2 Å². The smallest absolute Gasteiger partial charge is 0.257 e. The minimum Gasteiger partial charge on any atom is -0.480 e. The Kier molecular flexibility index (Phi) is 6.71. The van der Waals surface area contributed by atoms with Gasteiger partial charge < -0.3 is 24.8 Å². The molecule has 0 saturated carbocycles. The van der Waals surface area contributed by atoms with Crippen molar-refractivity contribution in [1.29, 1.82) is 5.26 Å². The fourth-order valence-corrected chi connectivity index (χ4v) is 5.59. The Bertz CT molecular complexity index is 1440. The Labute approximate surface area is 225 Å². The number of benzene rings is 1. The van der Waals surface area contributed by atoms with Crippen molar-refractivity contribution in [3.63, 3.8) is 0 Å². The Hall–Kier alpha value is -4.10. The highest BCUT2D eigenvalue weighted by Crippen LogP contribution is 2.46. The van der Waals surface area contributed by atoms with Gasteiger partial charge in [0, 0.05) is 25.8 Å². The van der Waals surface area contributed by atoms with Gasteiger partial charge in [-0.05, 0) is 44.0 Å². The molecule has 4 heterocycles. The van der Waals surface area contributed by atoms with Crippen LogP contribution in [0, 0.1) is 11.3 Å². The van der Waals surface area contributed by atoms with Crippen molar-refractivity contribution in [3.05, 3.63) is 58.9 Å². The fourth-order valence-electron chi connectivity index (χ4n) is 5.34. The Morgan fingerprint density at radius 3 is 2.61 bits per heavy atom. The van der Waals surface area contributed by atoms with Crippen LogP contribution in [-0.2, 0) is 4.79 Å². The highest BCUT2D eigenvalue weighted by Gasteiger charge is 2.48. The second-order valence-corrected chi connectivity index (χ2v) is 10.2. The summed E-state index contributed by atoms with van der Waals surface area (Å²) in [5.74, 6) is 0.302. The van der Waals surface area contributed by atoms with Crippen molar-refractivity contribution in [2.45, 2.75) is 43.8 Å². The predicted molar refractivity (Wildman–Crippen MR) is 142 cm³/mol. The quantitative estimate of drug-likeness (QED) is 0.464. The molecule has 2 amide bonds. The first-order chi connectivity index (χ1) is 18.3. The first kappa shape index (κ1) is 25.5. The number of halogens is 1. The van der Waals surface area contributed by atoms with E-state index < -0.39 is 12.1 Å². The monoisotopic (exact) mass is 533 g/mol. The lowest BCUT2D eigenvalue weighted by atomic mass is 9.98. The number of hydrogen-bond acceptors (Lipinski definition) is 7. The number of alkyl halides is 1. The molecule has 2 N–H and O–H groups in total. The zero-order valence-corrected chi connectivity index (χ0v) is 22.3. The third-order valence-corrected chi connectivity index (χ3v) is 7.34. The minimum atomic E-state index is -0.733. The maximum absolute atomic E-state index is 14.1. The molecule has 38 heavy (non-hydrogen) atoms. The molecule has 1 saturated heterocycles. The van der Waals surface area contributed by atoms with Crippen LogP contribution in [-0.4, -0.2) is 63.4 Å². The average Bonchev–Trinajstić information content (AvgIpc) is 3.44. The maximum Gasteiger partial charge on any atom is 0.257 e. The van der Waals surface area contributed by atoms with Gasteiger partial charge in [0.1, 0.15) is 6.04 Å². The summed E-state index contributed by atoms with van der Waals surface area (Å²) in [4.78, 5) is 37.6. The highest BCUT2D eigenvalue weighted by atomic mass is 35.5. The summed E-state index contributed by atoms with van der Waals surface area (Å²) in [6.45, 7) is 4.42. The molecule has 0 bridgehead atoms. The van der Waals surface area contributed by atoms with Crippen LogP contribution < -0.4 is 15.4 Å². The zero-order valence-electron chi connectivity index (χ0n) is 21.5. The summed E-state index contributed by atoms with van der Waals surface area (Å²) < 4.78 is 7.66. The molecule has 2 aliphatic rings. The lowest BCUT2D eigenvalue weighted by molar-refractivity contribution is -0.127. The highest BCUT2D eigenvalue weighted by molar-refractivity contribution is 6.21. The van der Waals surface area contributed by atoms with Crippen LogP contribution in [0.1, 0.15) is 59.5 Å². The van der Waals surface area contributed by atoms with E-state index in [0.717, 1.165) is 17.0 Å². The van der Waals surface area contributed by atoms with Gasteiger partial charge in [0.05, 0.1) is 52.7 Å². The van der Waals surface area contributed by atoms with Crippen LogP contribution in [0.2, 0.25) is 0 Å². The molecule has 1 fully saturated rings. The van der Waals surface area contributed by atoms with Crippen molar-refractivity contribution >= 4 is 29.4 Å². The number of ether oxygens (including phenoxy) is 1. The standard InChI is InChI=1S/C27H28ClN7O3/c1-14(2)34-20(19-13-32-27(30-3)33-25(19)38-4)10-18-23(34)22(16-7-5-15(11-29)6-8-16)35(26(18)37)21-9-17(28)12-31-24(21)36/h5-8,10,13-14,17,21-22H,9,12H2,1-4H3,(H,31,36)(H,30,32,33). The van der Waals surface area contributed by atoms with Gasteiger partial charge in [0.2, 0.25) is 17.7 Å². The van der Waals surface area contributed by atoms with Gasteiger partial charge in [0.15, 0.2) is 0 Å². The number of anilines is 1. The number of hydrogen-bond donors (Lipinski definition) is 2. The van der Waals surface area contributed by atoms with Crippen molar-refractivity contribution in [2.75, 3.05) is 26.0 Å². The maximum atomic E-state index is 14.1. The molecule has 3 unspecified atom stereocenters. The third kappa shape index (κ3) is 4.13. The van der Waals surface area contributed by atoms with E-state index in [1.54, 1.807) is 30.3 Å². The second kappa shape index (κ2) is 9.99. The van der Waals surface area contributed by atoms with Crippen LogP contribution in [0.15, 0.2) is 36.5 Å². The molecule has 5 rings (SSSR count). The van der Waals surface area contributed by atoms with Crippen molar-refractivity contribution in [2.24, 2.45) is 0 Å². The number of carbonyl (C=O) groups excluding carboxylic acids is 2. The molecule has 0 radical (unpaired) electrons. The van der Waals surface area contributed by atoms with Gasteiger partial charge in [-0.1, -0.05) is 12.1 Å². The SMILES string of the molecule is CNc1ncc(-c2cc3c(n2C(C)C)C(c2ccc(C#N)cc2)N(C2CC(Cl)CNC2=O)C3=O)c(OC)n1. The molecular formula is C27H28ClN7O3. The van der Waals surface area contributed by atoms with Gasteiger partial charge in [0.25, 0.3) is 5.91 Å².